The monoisotopic (exact) mass is 265 g/mol. The summed E-state index contributed by atoms with van der Waals surface area (Å²) in [6.45, 7) is 2.84. The van der Waals surface area contributed by atoms with Crippen molar-refractivity contribution in [3.05, 3.63) is 12.4 Å². The molecule has 2 heterocycles. The molecule has 0 bridgehead atoms. The molecule has 0 atom stereocenters. The van der Waals surface area contributed by atoms with Crippen LogP contribution in [0, 0.1) is 0 Å². The first kappa shape index (κ1) is 13.7. The van der Waals surface area contributed by atoms with Gasteiger partial charge in [0.1, 0.15) is 11.0 Å². The largest absolute Gasteiger partial charge is 0.385 e. The third-order valence-electron chi connectivity index (χ3n) is 2.73. The molecule has 1 N–H and O–H groups in total. The van der Waals surface area contributed by atoms with Gasteiger partial charge in [-0.2, -0.15) is 5.10 Å². The Morgan fingerprint density at radius 3 is 3.00 bits per heavy atom. The highest BCUT2D eigenvalue weighted by atomic mass is 16.5. The molecule has 0 saturated heterocycles. The highest BCUT2D eigenvalue weighted by molar-refractivity contribution is 5.73. The number of H-pyrrole nitrogens is 1. The molecule has 0 fully saturated rings. The quantitative estimate of drug-likeness (QED) is 0.713. The van der Waals surface area contributed by atoms with E-state index in [0.717, 1.165) is 30.6 Å². The number of aromatic amines is 1. The molecule has 0 saturated carbocycles. The van der Waals surface area contributed by atoms with E-state index in [9.17, 15) is 0 Å². The smallest absolute Gasteiger partial charge is 0.225 e. The molecule has 2 aromatic heterocycles. The average molecular weight is 265 g/mol. The summed E-state index contributed by atoms with van der Waals surface area (Å²) in [5.41, 5.74) is 1.66. The molecule has 7 heteroatoms. The molecule has 0 aliphatic carbocycles. The maximum Gasteiger partial charge on any atom is 0.225 e. The second-order valence-electron chi connectivity index (χ2n) is 4.22. The Labute approximate surface area is 111 Å². The van der Waals surface area contributed by atoms with Gasteiger partial charge < -0.3 is 14.4 Å². The van der Waals surface area contributed by atoms with E-state index in [0.29, 0.717) is 19.2 Å². The van der Waals surface area contributed by atoms with Crippen LogP contribution >= 0.6 is 0 Å². The first-order chi connectivity index (χ1) is 9.31. The van der Waals surface area contributed by atoms with Crippen molar-refractivity contribution in [1.82, 2.24) is 20.2 Å². The summed E-state index contributed by atoms with van der Waals surface area (Å²) in [6, 6.07) is 0. The number of ether oxygens (including phenoxy) is 2. The fraction of sp³-hybridized carbons (Fsp3) is 0.583. The molecule has 0 radical (unpaired) electrons. The van der Waals surface area contributed by atoms with Gasteiger partial charge in [-0.15, -0.1) is 0 Å². The van der Waals surface area contributed by atoms with Crippen molar-refractivity contribution in [1.29, 1.82) is 0 Å². The Bertz CT molecular complexity index is 502. The van der Waals surface area contributed by atoms with Crippen molar-refractivity contribution in [2.24, 2.45) is 0 Å². The molecule has 7 nitrogen and oxygen atoms in total. The van der Waals surface area contributed by atoms with Gasteiger partial charge in [-0.25, -0.2) is 9.97 Å². The van der Waals surface area contributed by atoms with Crippen LogP contribution in [0.3, 0.4) is 0 Å². The van der Waals surface area contributed by atoms with Crippen LogP contribution in [0.4, 0.5) is 5.95 Å². The number of likely N-dealkylation sites (N-methyl/N-ethyl adjacent to an activating group) is 1. The number of hydrogen-bond acceptors (Lipinski definition) is 6. The minimum atomic E-state index is 0.646. The Morgan fingerprint density at radius 2 is 2.16 bits per heavy atom. The maximum atomic E-state index is 5.50. The number of nitrogens with one attached hydrogen (secondary N) is 1. The normalized spacial score (nSPS) is 11.1. The Morgan fingerprint density at radius 1 is 1.26 bits per heavy atom. The van der Waals surface area contributed by atoms with Crippen LogP contribution in [0.25, 0.3) is 11.0 Å². The number of hydrogen-bond donors (Lipinski definition) is 1. The minimum absolute atomic E-state index is 0.646. The number of rotatable bonds is 8. The SMILES string of the molecule is COCCCOCCN(C)c1ncc2[nH]ncc2n1. The third kappa shape index (κ3) is 3.87. The number of aromatic nitrogens is 4. The highest BCUT2D eigenvalue weighted by Gasteiger charge is 2.06. The molecule has 2 aromatic rings. The molecule has 104 valence electrons. The van der Waals surface area contributed by atoms with Crippen molar-refractivity contribution in [2.75, 3.05) is 45.4 Å². The Balaban J connectivity index is 1.77. The lowest BCUT2D eigenvalue weighted by Gasteiger charge is -2.16. The topological polar surface area (TPSA) is 76.2 Å². The van der Waals surface area contributed by atoms with Gasteiger partial charge in [0.2, 0.25) is 5.95 Å². The summed E-state index contributed by atoms with van der Waals surface area (Å²) in [5.74, 6) is 0.675. The van der Waals surface area contributed by atoms with Crippen LogP contribution in [0.15, 0.2) is 12.4 Å². The van der Waals surface area contributed by atoms with Crippen molar-refractivity contribution < 1.29 is 9.47 Å². The number of fused-ring (bicyclic) bond motifs is 1. The van der Waals surface area contributed by atoms with Crippen molar-refractivity contribution in [3.63, 3.8) is 0 Å². The van der Waals surface area contributed by atoms with Gasteiger partial charge in [-0.1, -0.05) is 0 Å². The lowest BCUT2D eigenvalue weighted by atomic mass is 10.5. The van der Waals surface area contributed by atoms with Crippen LogP contribution in [-0.2, 0) is 9.47 Å². The van der Waals surface area contributed by atoms with Crippen LogP contribution in [-0.4, -0.2) is 60.7 Å². The van der Waals surface area contributed by atoms with Gasteiger partial charge in [-0.3, -0.25) is 5.10 Å². The van der Waals surface area contributed by atoms with E-state index in [1.165, 1.54) is 0 Å². The van der Waals surface area contributed by atoms with E-state index in [1.807, 2.05) is 11.9 Å². The molecular weight excluding hydrogens is 246 g/mol. The van der Waals surface area contributed by atoms with E-state index in [-0.39, 0.29) is 0 Å². The Hall–Kier alpha value is -1.73. The predicted molar refractivity (Wildman–Crippen MR) is 72.3 cm³/mol. The number of nitrogens with zero attached hydrogens (tertiary/aromatic N) is 4. The second kappa shape index (κ2) is 7.01. The van der Waals surface area contributed by atoms with Gasteiger partial charge >= 0.3 is 0 Å². The molecule has 2 rings (SSSR count). The third-order valence-corrected chi connectivity index (χ3v) is 2.73. The summed E-state index contributed by atoms with van der Waals surface area (Å²) in [4.78, 5) is 10.6. The second-order valence-corrected chi connectivity index (χ2v) is 4.22. The zero-order valence-corrected chi connectivity index (χ0v) is 11.3. The molecule has 19 heavy (non-hydrogen) atoms. The molecular formula is C12H19N5O2. The summed E-state index contributed by atoms with van der Waals surface area (Å²) >= 11 is 0. The van der Waals surface area contributed by atoms with E-state index in [2.05, 4.69) is 20.2 Å². The van der Waals surface area contributed by atoms with Gasteiger partial charge in [0.05, 0.1) is 19.0 Å². The molecule has 0 spiro atoms. The number of methoxy groups -OCH3 is 1. The van der Waals surface area contributed by atoms with Crippen molar-refractivity contribution in [3.8, 4) is 0 Å². The van der Waals surface area contributed by atoms with Crippen LogP contribution in [0.1, 0.15) is 6.42 Å². The van der Waals surface area contributed by atoms with Crippen molar-refractivity contribution >= 4 is 17.0 Å². The van der Waals surface area contributed by atoms with E-state index in [4.69, 9.17) is 9.47 Å². The first-order valence-electron chi connectivity index (χ1n) is 6.25. The molecule has 0 aliphatic rings. The van der Waals surface area contributed by atoms with Crippen molar-refractivity contribution in [2.45, 2.75) is 6.42 Å². The zero-order valence-electron chi connectivity index (χ0n) is 11.3. The van der Waals surface area contributed by atoms with E-state index in [1.54, 1.807) is 19.5 Å². The lowest BCUT2D eigenvalue weighted by molar-refractivity contribution is 0.107. The summed E-state index contributed by atoms with van der Waals surface area (Å²) in [6.07, 6.45) is 4.34. The standard InChI is InChI=1S/C12H19N5O2/c1-17(4-7-19-6-3-5-18-2)12-13-8-11-10(15-12)9-14-16-11/h8-9H,3-7H2,1-2H3,(H,14,16). The summed E-state index contributed by atoms with van der Waals surface area (Å²) in [5, 5.41) is 6.75. The maximum absolute atomic E-state index is 5.50. The zero-order chi connectivity index (χ0) is 13.5. The Kier molecular flexibility index (Phi) is 5.05. The van der Waals surface area contributed by atoms with Crippen LogP contribution < -0.4 is 4.90 Å². The van der Waals surface area contributed by atoms with Gasteiger partial charge in [0.25, 0.3) is 0 Å². The fourth-order valence-corrected chi connectivity index (χ4v) is 1.63. The molecule has 0 aliphatic heterocycles. The van der Waals surface area contributed by atoms with E-state index >= 15 is 0 Å². The predicted octanol–water partition coefficient (Wildman–Crippen LogP) is 0.842. The van der Waals surface area contributed by atoms with E-state index < -0.39 is 0 Å². The lowest BCUT2D eigenvalue weighted by Crippen LogP contribution is -2.24. The van der Waals surface area contributed by atoms with Crippen LogP contribution in [0.5, 0.6) is 0 Å². The summed E-state index contributed by atoms with van der Waals surface area (Å²) < 4.78 is 10.5. The fourth-order valence-electron chi connectivity index (χ4n) is 1.63. The van der Waals surface area contributed by atoms with Gasteiger partial charge in [-0.05, 0) is 6.42 Å². The number of anilines is 1. The van der Waals surface area contributed by atoms with Crippen LogP contribution in [0.2, 0.25) is 0 Å². The highest BCUT2D eigenvalue weighted by Crippen LogP contribution is 2.10. The molecule has 0 amide bonds. The van der Waals surface area contributed by atoms with Gasteiger partial charge in [0.15, 0.2) is 0 Å². The average Bonchev–Trinajstić information content (AvgIpc) is 2.89. The summed E-state index contributed by atoms with van der Waals surface area (Å²) in [7, 11) is 3.64. The molecule has 0 unspecified atom stereocenters. The molecule has 0 aromatic carbocycles. The first-order valence-corrected chi connectivity index (χ1v) is 6.25. The minimum Gasteiger partial charge on any atom is -0.385 e. The van der Waals surface area contributed by atoms with Gasteiger partial charge in [0, 0.05) is 33.9 Å².